The molecule has 0 bridgehead atoms. The Morgan fingerprint density at radius 1 is 1.24 bits per heavy atom. The van der Waals surface area contributed by atoms with E-state index < -0.39 is 6.04 Å². The largest absolute Gasteiger partial charge is 0.493 e. The topological polar surface area (TPSA) is 59.2 Å². The molecule has 3 aromatic rings. The first kappa shape index (κ1) is 21.9. The van der Waals surface area contributed by atoms with Gasteiger partial charge in [0.1, 0.15) is 11.9 Å². The van der Waals surface area contributed by atoms with E-state index in [-0.39, 0.29) is 23.0 Å². The summed E-state index contributed by atoms with van der Waals surface area (Å²) in [5, 5.41) is 0.953. The third kappa shape index (κ3) is 4.36. The number of thioether (sulfide) groups is 1. The highest BCUT2D eigenvalue weighted by Gasteiger charge is 2.40. The Labute approximate surface area is 196 Å². The predicted octanol–water partition coefficient (Wildman–Crippen LogP) is 4.68. The molecule has 2 aliphatic heterocycles. The number of carbonyl (C=O) groups is 1. The molecule has 2 aromatic heterocycles. The van der Waals surface area contributed by atoms with Crippen LogP contribution in [-0.2, 0) is 11.2 Å². The zero-order valence-corrected chi connectivity index (χ0v) is 19.6. The number of amides is 1. The van der Waals surface area contributed by atoms with Crippen molar-refractivity contribution < 1.29 is 13.9 Å². The molecule has 0 aliphatic carbocycles. The number of nitrogens with zero attached hydrogens (tertiary/aromatic N) is 4. The fraction of sp³-hybridized carbons (Fsp3) is 0.400. The molecular formula is C25H27FN4O2S. The molecule has 0 N–H and O–H groups in total. The van der Waals surface area contributed by atoms with E-state index in [2.05, 4.69) is 17.1 Å². The van der Waals surface area contributed by atoms with Gasteiger partial charge in [0.25, 0.3) is 0 Å². The third-order valence-corrected chi connectivity index (χ3v) is 7.63. The summed E-state index contributed by atoms with van der Waals surface area (Å²) in [4.78, 5) is 25.2. The highest BCUT2D eigenvalue weighted by Crippen LogP contribution is 2.41. The first-order chi connectivity index (χ1) is 16.0. The number of ether oxygens (including phenoxy) is 1. The van der Waals surface area contributed by atoms with Gasteiger partial charge in [-0.3, -0.25) is 9.79 Å². The molecular weight excluding hydrogens is 439 g/mol. The number of benzene rings is 1. The summed E-state index contributed by atoms with van der Waals surface area (Å²) in [6.45, 7) is 2.71. The molecule has 0 spiro atoms. The number of aliphatic imine (C=N–C) groups is 1. The Morgan fingerprint density at radius 3 is 2.85 bits per heavy atom. The van der Waals surface area contributed by atoms with Gasteiger partial charge in [-0.05, 0) is 31.7 Å². The van der Waals surface area contributed by atoms with Crippen LogP contribution < -0.4 is 4.74 Å². The number of piperidine rings is 1. The van der Waals surface area contributed by atoms with Crippen LogP contribution in [0.25, 0.3) is 5.65 Å². The number of carbonyl (C=O) groups excluding carboxylic acids is 1. The van der Waals surface area contributed by atoms with E-state index in [9.17, 15) is 9.18 Å². The Bertz CT molecular complexity index is 1200. The lowest BCUT2D eigenvalue weighted by Crippen LogP contribution is -2.49. The van der Waals surface area contributed by atoms with Gasteiger partial charge >= 0.3 is 0 Å². The van der Waals surface area contributed by atoms with Crippen LogP contribution in [-0.4, -0.2) is 51.0 Å². The van der Waals surface area contributed by atoms with E-state index in [1.54, 1.807) is 16.2 Å². The zero-order chi connectivity index (χ0) is 22.9. The molecule has 172 valence electrons. The Kier molecular flexibility index (Phi) is 6.10. The van der Waals surface area contributed by atoms with Crippen LogP contribution in [0.3, 0.4) is 0 Å². The van der Waals surface area contributed by atoms with Gasteiger partial charge in [-0.2, -0.15) is 0 Å². The molecule has 3 atom stereocenters. The molecule has 1 saturated heterocycles. The summed E-state index contributed by atoms with van der Waals surface area (Å²) in [6, 6.07) is 11.1. The van der Waals surface area contributed by atoms with Crippen LogP contribution >= 0.6 is 11.8 Å². The van der Waals surface area contributed by atoms with Gasteiger partial charge < -0.3 is 14.0 Å². The van der Waals surface area contributed by atoms with Crippen molar-refractivity contribution in [2.45, 2.75) is 49.9 Å². The van der Waals surface area contributed by atoms with Crippen LogP contribution in [0.4, 0.5) is 4.39 Å². The number of aromatic nitrogens is 2. The van der Waals surface area contributed by atoms with Crippen molar-refractivity contribution in [3.05, 3.63) is 65.9 Å². The molecule has 1 aromatic carbocycles. The van der Waals surface area contributed by atoms with Gasteiger partial charge in [0, 0.05) is 37.5 Å². The molecule has 0 radical (unpaired) electrons. The quantitative estimate of drug-likeness (QED) is 0.548. The number of hydrogen-bond donors (Lipinski definition) is 0. The van der Waals surface area contributed by atoms with Crippen molar-refractivity contribution in [1.29, 1.82) is 0 Å². The molecule has 1 fully saturated rings. The van der Waals surface area contributed by atoms with E-state index in [0.29, 0.717) is 17.8 Å². The van der Waals surface area contributed by atoms with Gasteiger partial charge in [0.05, 0.1) is 23.1 Å². The fourth-order valence-electron chi connectivity index (χ4n) is 4.87. The summed E-state index contributed by atoms with van der Waals surface area (Å²) >= 11 is 1.67. The maximum atomic E-state index is 13.9. The summed E-state index contributed by atoms with van der Waals surface area (Å²) in [7, 11) is 1.51. The number of imidazole rings is 1. The number of halogens is 1. The Hall–Kier alpha value is -2.87. The average Bonchev–Trinajstić information content (AvgIpc) is 3.42. The van der Waals surface area contributed by atoms with E-state index in [0.717, 1.165) is 42.1 Å². The lowest BCUT2D eigenvalue weighted by atomic mass is 9.96. The second-order valence-corrected chi connectivity index (χ2v) is 9.95. The summed E-state index contributed by atoms with van der Waals surface area (Å²) in [6.07, 6.45) is 6.84. The minimum absolute atomic E-state index is 0.00343. The lowest BCUT2D eigenvalue weighted by Gasteiger charge is -2.37. The van der Waals surface area contributed by atoms with Gasteiger partial charge in [0.15, 0.2) is 11.4 Å². The zero-order valence-electron chi connectivity index (χ0n) is 18.8. The minimum atomic E-state index is -0.409. The van der Waals surface area contributed by atoms with Gasteiger partial charge in [-0.1, -0.05) is 30.3 Å². The first-order valence-electron chi connectivity index (χ1n) is 11.3. The molecule has 0 saturated carbocycles. The van der Waals surface area contributed by atoms with Crippen molar-refractivity contribution >= 4 is 28.4 Å². The van der Waals surface area contributed by atoms with Gasteiger partial charge in [-0.15, -0.1) is 11.8 Å². The monoisotopic (exact) mass is 466 g/mol. The third-order valence-electron chi connectivity index (χ3n) is 6.40. The standard InChI is InChI=1S/C25H27FN4O2S/c1-16-27-22(23(33-16)17-8-4-3-5-9-17)25(31)30-11-7-6-10-20(30)13-19-15-29-14-18(26)12-21(32-2)24(29)28-19/h3-5,8-9,12,14-15,20,22-23H,6-7,10-11,13H2,1-2H3/t20-,22?,23?/m0/s1. The highest BCUT2D eigenvalue weighted by molar-refractivity contribution is 8.14. The minimum Gasteiger partial charge on any atom is -0.493 e. The SMILES string of the molecule is COc1cc(F)cn2cc(C[C@@H]3CCCCN3C(=O)C3N=C(C)SC3c3ccccc3)nc12. The number of likely N-dealkylation sites (tertiary alicyclic amines) is 1. The second-order valence-electron chi connectivity index (χ2n) is 8.62. The van der Waals surface area contributed by atoms with Crippen LogP contribution in [0, 0.1) is 5.82 Å². The molecule has 2 unspecified atom stereocenters. The predicted molar refractivity (Wildman–Crippen MR) is 128 cm³/mol. The van der Waals surface area contributed by atoms with Crippen molar-refractivity contribution in [1.82, 2.24) is 14.3 Å². The molecule has 1 amide bonds. The molecule has 33 heavy (non-hydrogen) atoms. The number of methoxy groups -OCH3 is 1. The van der Waals surface area contributed by atoms with Crippen molar-refractivity contribution in [3.8, 4) is 5.75 Å². The molecule has 2 aliphatic rings. The van der Waals surface area contributed by atoms with E-state index >= 15 is 0 Å². The van der Waals surface area contributed by atoms with E-state index in [1.165, 1.54) is 19.4 Å². The van der Waals surface area contributed by atoms with Crippen LogP contribution in [0.2, 0.25) is 0 Å². The number of pyridine rings is 1. The maximum absolute atomic E-state index is 13.9. The van der Waals surface area contributed by atoms with Gasteiger partial charge in [0.2, 0.25) is 5.91 Å². The highest BCUT2D eigenvalue weighted by atomic mass is 32.2. The Morgan fingerprint density at radius 2 is 2.06 bits per heavy atom. The maximum Gasteiger partial charge on any atom is 0.249 e. The molecule has 6 nitrogen and oxygen atoms in total. The smallest absolute Gasteiger partial charge is 0.249 e. The first-order valence-corrected chi connectivity index (χ1v) is 12.2. The number of fused-ring (bicyclic) bond motifs is 1. The second kappa shape index (κ2) is 9.17. The van der Waals surface area contributed by atoms with Crippen molar-refractivity contribution in [3.63, 3.8) is 0 Å². The van der Waals surface area contributed by atoms with E-state index in [1.807, 2.05) is 36.2 Å². The fourth-order valence-corrected chi connectivity index (χ4v) is 6.01. The molecule has 4 heterocycles. The van der Waals surface area contributed by atoms with Gasteiger partial charge in [-0.25, -0.2) is 9.37 Å². The summed E-state index contributed by atoms with van der Waals surface area (Å²) in [5.74, 6) is 0.110. The summed E-state index contributed by atoms with van der Waals surface area (Å²) < 4.78 is 20.9. The van der Waals surface area contributed by atoms with Crippen molar-refractivity contribution in [2.75, 3.05) is 13.7 Å². The van der Waals surface area contributed by atoms with Crippen LogP contribution in [0.5, 0.6) is 5.75 Å². The Balaban J connectivity index is 1.40. The van der Waals surface area contributed by atoms with E-state index in [4.69, 9.17) is 9.73 Å². The van der Waals surface area contributed by atoms with Crippen LogP contribution in [0.1, 0.15) is 42.7 Å². The summed E-state index contributed by atoms with van der Waals surface area (Å²) in [5.41, 5.74) is 2.53. The van der Waals surface area contributed by atoms with Crippen molar-refractivity contribution in [2.24, 2.45) is 4.99 Å². The average molecular weight is 467 g/mol. The molecule has 5 rings (SSSR count). The van der Waals surface area contributed by atoms with Crippen LogP contribution in [0.15, 0.2) is 53.8 Å². The number of rotatable bonds is 5. The normalized spacial score (nSPS) is 23.1. The number of hydrogen-bond acceptors (Lipinski definition) is 5. The lowest BCUT2D eigenvalue weighted by molar-refractivity contribution is -0.136. The molecule has 8 heteroatoms.